The summed E-state index contributed by atoms with van der Waals surface area (Å²) in [7, 11) is 0. The molecule has 1 aliphatic carbocycles. The topological polar surface area (TPSA) is 109 Å². The second-order valence-corrected chi connectivity index (χ2v) is 9.85. The average molecular weight is 576 g/mol. The molecule has 40 heavy (non-hydrogen) atoms. The Labute approximate surface area is 235 Å². The van der Waals surface area contributed by atoms with Crippen LogP contribution in [0.15, 0.2) is 42.9 Å². The van der Waals surface area contributed by atoms with Gasteiger partial charge in [-0.3, -0.25) is 14.7 Å². The Morgan fingerprint density at radius 3 is 2.50 bits per heavy atom. The van der Waals surface area contributed by atoms with E-state index in [0.717, 1.165) is 50.3 Å². The summed E-state index contributed by atoms with van der Waals surface area (Å²) in [4.78, 5) is 23.9. The smallest absolute Gasteiger partial charge is 0.379 e. The number of nitrogens with zero attached hydrogens (tertiary/aromatic N) is 6. The summed E-state index contributed by atoms with van der Waals surface area (Å²) in [5, 5.41) is 16.5. The lowest BCUT2D eigenvalue weighted by molar-refractivity contribution is -0.137. The minimum Gasteiger partial charge on any atom is -0.379 e. The first kappa shape index (κ1) is 29.5. The number of aromatic nitrogens is 4. The molecular formula is C27H29ClF3N7O2. The van der Waals surface area contributed by atoms with E-state index in [1.807, 2.05) is 6.07 Å². The lowest BCUT2D eigenvalue weighted by Gasteiger charge is -2.42. The number of rotatable bonds is 5. The van der Waals surface area contributed by atoms with E-state index in [0.29, 0.717) is 30.6 Å². The monoisotopic (exact) mass is 575 g/mol. The lowest BCUT2D eigenvalue weighted by Crippen LogP contribution is -2.48. The van der Waals surface area contributed by atoms with Gasteiger partial charge in [-0.1, -0.05) is 0 Å². The molecule has 3 atom stereocenters. The summed E-state index contributed by atoms with van der Waals surface area (Å²) in [5.74, 6) is -0.146. The normalized spacial score (nSPS) is 21.7. The van der Waals surface area contributed by atoms with Gasteiger partial charge in [0.1, 0.15) is 0 Å². The maximum atomic E-state index is 13.0. The van der Waals surface area contributed by atoms with Crippen molar-refractivity contribution in [2.45, 2.75) is 44.3 Å². The number of anilines is 1. The molecule has 212 valence electrons. The average Bonchev–Trinajstić information content (AvgIpc) is 3.34. The minimum absolute atomic E-state index is 0. The quantitative estimate of drug-likeness (QED) is 0.467. The van der Waals surface area contributed by atoms with Crippen molar-refractivity contribution >= 4 is 24.0 Å². The summed E-state index contributed by atoms with van der Waals surface area (Å²) < 4.78 is 45.4. The largest absolute Gasteiger partial charge is 0.417 e. The maximum absolute atomic E-state index is 13.0. The molecule has 1 saturated heterocycles. The van der Waals surface area contributed by atoms with Crippen molar-refractivity contribution < 1.29 is 22.7 Å². The van der Waals surface area contributed by atoms with Crippen LogP contribution in [0.3, 0.4) is 0 Å². The van der Waals surface area contributed by atoms with Crippen molar-refractivity contribution in [1.29, 1.82) is 5.26 Å². The number of nitriles is 1. The summed E-state index contributed by atoms with van der Waals surface area (Å²) in [6.45, 7) is 4.77. The highest BCUT2D eigenvalue weighted by molar-refractivity contribution is 6.04. The highest BCUT2D eigenvalue weighted by Gasteiger charge is 2.36. The van der Waals surface area contributed by atoms with Crippen LogP contribution < -0.4 is 5.32 Å². The van der Waals surface area contributed by atoms with Gasteiger partial charge in [0.2, 0.25) is 0 Å². The third kappa shape index (κ3) is 6.27. The van der Waals surface area contributed by atoms with E-state index in [9.17, 15) is 23.2 Å². The molecule has 0 radical (unpaired) electrons. The molecule has 1 aliphatic heterocycles. The van der Waals surface area contributed by atoms with Crippen LogP contribution in [0.1, 0.15) is 52.5 Å². The van der Waals surface area contributed by atoms with Crippen molar-refractivity contribution in [3.8, 4) is 11.9 Å². The zero-order chi connectivity index (χ0) is 27.6. The molecule has 0 bridgehead atoms. The van der Waals surface area contributed by atoms with E-state index in [1.54, 1.807) is 19.2 Å². The second kappa shape index (κ2) is 12.3. The number of nitrogens with one attached hydrogen (secondary N) is 1. The van der Waals surface area contributed by atoms with E-state index < -0.39 is 17.6 Å². The molecule has 5 rings (SSSR count). The standard InChI is InChI=1S/C27H28F3N7O2.ClH/c1-17-22(16-34-37(17)25-7-3-19(14-33-25)27(28,29)30)26(38)35-20-4-5-23(32-15-20)21-12-18(13-31)2-6-24(21)36-8-10-39-11-9-36;/h3-5,7,14-16,18,21,24H,2,6,8-12H2,1H3,(H,35,38);1H. The Morgan fingerprint density at radius 2 is 1.88 bits per heavy atom. The molecule has 1 N–H and O–H groups in total. The molecule has 3 aromatic heterocycles. The maximum Gasteiger partial charge on any atom is 0.417 e. The van der Waals surface area contributed by atoms with Gasteiger partial charge in [0.05, 0.1) is 54.2 Å². The van der Waals surface area contributed by atoms with E-state index in [4.69, 9.17) is 4.74 Å². The van der Waals surface area contributed by atoms with Crippen LogP contribution >= 0.6 is 12.4 Å². The number of alkyl halides is 3. The van der Waals surface area contributed by atoms with Gasteiger partial charge in [0.25, 0.3) is 5.91 Å². The number of amides is 1. The molecule has 3 aromatic rings. The van der Waals surface area contributed by atoms with Crippen LogP contribution in [0.5, 0.6) is 0 Å². The zero-order valence-corrected chi connectivity index (χ0v) is 22.6. The Hall–Kier alpha value is -3.53. The molecule has 3 unspecified atom stereocenters. The van der Waals surface area contributed by atoms with Crippen LogP contribution in [-0.2, 0) is 10.9 Å². The zero-order valence-electron chi connectivity index (χ0n) is 21.8. The van der Waals surface area contributed by atoms with Gasteiger partial charge in [-0.05, 0) is 50.5 Å². The Balaban J connectivity index is 0.00000370. The number of hydrogen-bond acceptors (Lipinski definition) is 7. The number of hydrogen-bond donors (Lipinski definition) is 1. The van der Waals surface area contributed by atoms with Gasteiger partial charge >= 0.3 is 6.18 Å². The van der Waals surface area contributed by atoms with Crippen LogP contribution in [0.2, 0.25) is 0 Å². The van der Waals surface area contributed by atoms with Gasteiger partial charge in [-0.25, -0.2) is 9.67 Å². The highest BCUT2D eigenvalue weighted by Crippen LogP contribution is 2.39. The van der Waals surface area contributed by atoms with Gasteiger partial charge in [0.15, 0.2) is 5.82 Å². The predicted octanol–water partition coefficient (Wildman–Crippen LogP) is 4.77. The van der Waals surface area contributed by atoms with Gasteiger partial charge in [-0.15, -0.1) is 12.4 Å². The third-order valence-corrected chi connectivity index (χ3v) is 7.48. The van der Waals surface area contributed by atoms with Crippen LogP contribution in [0.4, 0.5) is 18.9 Å². The van der Waals surface area contributed by atoms with Gasteiger partial charge in [0, 0.05) is 42.9 Å². The van der Waals surface area contributed by atoms with E-state index in [2.05, 4.69) is 31.4 Å². The number of halogens is 4. The molecule has 0 aromatic carbocycles. The van der Waals surface area contributed by atoms with E-state index in [-0.39, 0.29) is 35.6 Å². The van der Waals surface area contributed by atoms with Gasteiger partial charge < -0.3 is 10.1 Å². The number of pyridine rings is 2. The van der Waals surface area contributed by atoms with Crippen LogP contribution in [0, 0.1) is 24.2 Å². The van der Waals surface area contributed by atoms with Crippen molar-refractivity contribution in [2.24, 2.45) is 5.92 Å². The number of carbonyl (C=O) groups is 1. The summed E-state index contributed by atoms with van der Waals surface area (Å²) >= 11 is 0. The van der Waals surface area contributed by atoms with Gasteiger partial charge in [-0.2, -0.15) is 23.5 Å². The molecule has 1 saturated carbocycles. The molecule has 1 amide bonds. The minimum atomic E-state index is -4.49. The van der Waals surface area contributed by atoms with Crippen molar-refractivity contribution in [3.05, 3.63) is 65.4 Å². The molecule has 0 spiro atoms. The Morgan fingerprint density at radius 1 is 1.10 bits per heavy atom. The van der Waals surface area contributed by atoms with Crippen LogP contribution in [-0.4, -0.2) is 62.9 Å². The first-order valence-electron chi connectivity index (χ1n) is 12.8. The molecule has 9 nitrogen and oxygen atoms in total. The summed E-state index contributed by atoms with van der Waals surface area (Å²) in [6.07, 6.45) is 1.75. The lowest BCUT2D eigenvalue weighted by atomic mass is 9.76. The summed E-state index contributed by atoms with van der Waals surface area (Å²) in [5.41, 5.74) is 1.22. The van der Waals surface area contributed by atoms with E-state index in [1.165, 1.54) is 16.9 Å². The van der Waals surface area contributed by atoms with E-state index >= 15 is 0 Å². The number of morpholine rings is 1. The predicted molar refractivity (Wildman–Crippen MR) is 142 cm³/mol. The molecule has 13 heteroatoms. The number of carbonyl (C=O) groups excluding carboxylic acids is 1. The first-order valence-corrected chi connectivity index (χ1v) is 12.8. The number of ether oxygens (including phenoxy) is 1. The summed E-state index contributed by atoms with van der Waals surface area (Å²) in [6, 6.07) is 8.53. The molecule has 2 aliphatic rings. The fourth-order valence-electron chi connectivity index (χ4n) is 5.38. The third-order valence-electron chi connectivity index (χ3n) is 7.48. The molecule has 2 fully saturated rings. The van der Waals surface area contributed by atoms with Crippen molar-refractivity contribution in [3.63, 3.8) is 0 Å². The Kier molecular flexibility index (Phi) is 9.08. The first-order chi connectivity index (χ1) is 18.7. The fraction of sp³-hybridized carbons (Fsp3) is 0.444. The Bertz CT molecular complexity index is 1350. The van der Waals surface area contributed by atoms with Crippen molar-refractivity contribution in [1.82, 2.24) is 24.6 Å². The molecular weight excluding hydrogens is 547 g/mol. The van der Waals surface area contributed by atoms with Crippen LogP contribution in [0.25, 0.3) is 5.82 Å². The molecule has 4 heterocycles. The fourth-order valence-corrected chi connectivity index (χ4v) is 5.38. The highest BCUT2D eigenvalue weighted by atomic mass is 35.5. The second-order valence-electron chi connectivity index (χ2n) is 9.85. The SMILES string of the molecule is Cc1c(C(=O)Nc2ccc(C3CC(C#N)CCC3N3CCOCC3)nc2)cnn1-c1ccc(C(F)(F)F)cn1.Cl. The van der Waals surface area contributed by atoms with Crippen molar-refractivity contribution in [2.75, 3.05) is 31.6 Å².